The zero-order valence-electron chi connectivity index (χ0n) is 19.6. The van der Waals surface area contributed by atoms with Gasteiger partial charge in [-0.25, -0.2) is 0 Å². The van der Waals surface area contributed by atoms with Gasteiger partial charge in [0, 0.05) is 22.3 Å². The van der Waals surface area contributed by atoms with Crippen molar-refractivity contribution in [1.82, 2.24) is 16.2 Å². The van der Waals surface area contributed by atoms with Crippen molar-refractivity contribution in [3.8, 4) is 11.5 Å². The molecule has 0 aromatic heterocycles. The van der Waals surface area contributed by atoms with Gasteiger partial charge in [0.05, 0.1) is 23.8 Å². The van der Waals surface area contributed by atoms with E-state index >= 15 is 0 Å². The summed E-state index contributed by atoms with van der Waals surface area (Å²) in [4.78, 5) is 24.9. The van der Waals surface area contributed by atoms with Crippen molar-refractivity contribution >= 4 is 68.3 Å². The number of benzene rings is 3. The van der Waals surface area contributed by atoms with Gasteiger partial charge in [0.15, 0.2) is 5.11 Å². The lowest BCUT2D eigenvalue weighted by molar-refractivity contribution is -0.121. The Bertz CT molecular complexity index is 1250. The van der Waals surface area contributed by atoms with Crippen LogP contribution in [0.5, 0.6) is 11.5 Å². The van der Waals surface area contributed by atoms with Crippen molar-refractivity contribution in [1.29, 1.82) is 0 Å². The highest BCUT2D eigenvalue weighted by molar-refractivity contribution is 9.10. The summed E-state index contributed by atoms with van der Waals surface area (Å²) >= 11 is 20.4. The monoisotopic (exact) mass is 623 g/mol. The van der Waals surface area contributed by atoms with Crippen LogP contribution < -0.4 is 25.6 Å². The number of carbonyl (C=O) groups is 2. The lowest BCUT2D eigenvalue weighted by atomic mass is 10.1. The van der Waals surface area contributed by atoms with Crippen molar-refractivity contribution in [2.24, 2.45) is 0 Å². The van der Waals surface area contributed by atoms with Gasteiger partial charge in [-0.3, -0.25) is 25.8 Å². The van der Waals surface area contributed by atoms with Crippen molar-refractivity contribution in [3.63, 3.8) is 0 Å². The standard InChI is InChI=1S/C26H24BrCl2N3O4S/c27-18-8-10-22(36-14-12-17-5-2-1-3-6-17)20(15-18)25(34)30-26(37)32-31-24(33)7-4-13-35-23-11-9-19(28)16-21(23)29/h1-3,5-6,8-11,15-16H,4,7,12-14H2,(H,31,33)(H2,30,32,34,37). The zero-order chi connectivity index (χ0) is 26.6. The molecule has 2 amide bonds. The van der Waals surface area contributed by atoms with Crippen LogP contribution in [0, 0.1) is 0 Å². The highest BCUT2D eigenvalue weighted by Crippen LogP contribution is 2.27. The number of carbonyl (C=O) groups excluding carboxylic acids is 2. The fraction of sp³-hybridized carbons (Fsp3) is 0.192. The first-order valence-electron chi connectivity index (χ1n) is 11.3. The molecule has 11 heteroatoms. The number of amides is 2. The first-order valence-corrected chi connectivity index (χ1v) is 13.2. The minimum atomic E-state index is -0.476. The molecule has 0 atom stereocenters. The molecule has 3 aromatic carbocycles. The van der Waals surface area contributed by atoms with Crippen molar-refractivity contribution < 1.29 is 19.1 Å². The van der Waals surface area contributed by atoms with Crippen LogP contribution in [0.25, 0.3) is 0 Å². The molecule has 0 saturated carbocycles. The van der Waals surface area contributed by atoms with E-state index in [9.17, 15) is 9.59 Å². The fourth-order valence-electron chi connectivity index (χ4n) is 3.13. The Balaban J connectivity index is 1.41. The van der Waals surface area contributed by atoms with Crippen molar-refractivity contribution in [2.75, 3.05) is 13.2 Å². The first kappa shape index (κ1) is 28.7. The normalized spacial score (nSPS) is 10.4. The Labute approximate surface area is 238 Å². The molecule has 0 heterocycles. The molecule has 0 fully saturated rings. The summed E-state index contributed by atoms with van der Waals surface area (Å²) in [5, 5.41) is 3.39. The summed E-state index contributed by atoms with van der Waals surface area (Å²) in [7, 11) is 0. The third-order valence-electron chi connectivity index (χ3n) is 4.92. The number of hydrazine groups is 1. The van der Waals surface area contributed by atoms with Crippen LogP contribution in [0.4, 0.5) is 0 Å². The Morgan fingerprint density at radius 2 is 1.62 bits per heavy atom. The summed E-state index contributed by atoms with van der Waals surface area (Å²) in [5.74, 6) is 0.111. The Hall–Kier alpha value is -2.85. The summed E-state index contributed by atoms with van der Waals surface area (Å²) in [6.45, 7) is 0.685. The third-order valence-corrected chi connectivity index (χ3v) is 6.15. The van der Waals surface area contributed by atoms with E-state index in [1.54, 1.807) is 36.4 Å². The molecule has 0 aliphatic heterocycles. The molecule has 37 heavy (non-hydrogen) atoms. The quantitative estimate of drug-likeness (QED) is 0.149. The predicted octanol–water partition coefficient (Wildman–Crippen LogP) is 5.87. The van der Waals surface area contributed by atoms with Crippen molar-refractivity contribution in [3.05, 3.63) is 92.4 Å². The summed E-state index contributed by atoms with van der Waals surface area (Å²) in [5.41, 5.74) is 6.41. The first-order chi connectivity index (χ1) is 17.8. The Kier molecular flexibility index (Phi) is 11.5. The van der Waals surface area contributed by atoms with Gasteiger partial charge in [-0.2, -0.15) is 0 Å². The maximum absolute atomic E-state index is 12.8. The molecule has 0 spiro atoms. The van der Waals surface area contributed by atoms with E-state index in [0.29, 0.717) is 51.0 Å². The van der Waals surface area contributed by atoms with E-state index in [1.165, 1.54) is 0 Å². The van der Waals surface area contributed by atoms with E-state index in [-0.39, 0.29) is 24.0 Å². The zero-order valence-corrected chi connectivity index (χ0v) is 23.5. The van der Waals surface area contributed by atoms with Crippen LogP contribution in [0.3, 0.4) is 0 Å². The molecule has 3 N–H and O–H groups in total. The number of ether oxygens (including phenoxy) is 2. The van der Waals surface area contributed by atoms with E-state index in [2.05, 4.69) is 32.1 Å². The maximum atomic E-state index is 12.8. The Morgan fingerprint density at radius 1 is 0.892 bits per heavy atom. The minimum Gasteiger partial charge on any atom is -0.492 e. The van der Waals surface area contributed by atoms with Crippen LogP contribution in [0.2, 0.25) is 10.0 Å². The van der Waals surface area contributed by atoms with Crippen LogP contribution in [0.1, 0.15) is 28.8 Å². The van der Waals surface area contributed by atoms with Gasteiger partial charge in [0.25, 0.3) is 5.91 Å². The lowest BCUT2D eigenvalue weighted by Gasteiger charge is -2.14. The Morgan fingerprint density at radius 3 is 2.38 bits per heavy atom. The number of rotatable bonds is 10. The van der Waals surface area contributed by atoms with Gasteiger partial charge in [-0.15, -0.1) is 0 Å². The molecule has 0 unspecified atom stereocenters. The lowest BCUT2D eigenvalue weighted by Crippen LogP contribution is -2.48. The molecular formula is C26H24BrCl2N3O4S. The van der Waals surface area contributed by atoms with Crippen LogP contribution >= 0.6 is 51.3 Å². The van der Waals surface area contributed by atoms with Gasteiger partial charge in [-0.05, 0) is 60.6 Å². The average Bonchev–Trinajstić information content (AvgIpc) is 2.88. The summed E-state index contributed by atoms with van der Waals surface area (Å²) < 4.78 is 12.1. The molecular weight excluding hydrogens is 601 g/mol. The topological polar surface area (TPSA) is 88.7 Å². The number of nitrogens with one attached hydrogen (secondary N) is 3. The molecule has 194 valence electrons. The largest absolute Gasteiger partial charge is 0.492 e. The van der Waals surface area contributed by atoms with Gasteiger partial charge in [0.2, 0.25) is 5.91 Å². The second kappa shape index (κ2) is 14.8. The van der Waals surface area contributed by atoms with Crippen LogP contribution in [-0.2, 0) is 11.2 Å². The maximum Gasteiger partial charge on any atom is 0.261 e. The van der Waals surface area contributed by atoms with Gasteiger partial charge >= 0.3 is 0 Å². The average molecular weight is 625 g/mol. The molecule has 0 bridgehead atoms. The number of thiocarbonyl (C=S) groups is 1. The van der Waals surface area contributed by atoms with Gasteiger partial charge in [0.1, 0.15) is 11.5 Å². The van der Waals surface area contributed by atoms with Gasteiger partial charge in [-0.1, -0.05) is 69.5 Å². The minimum absolute atomic E-state index is 0.0576. The second-order valence-corrected chi connectivity index (χ2v) is 9.88. The smallest absolute Gasteiger partial charge is 0.261 e. The SMILES string of the molecule is O=C(CCCOc1ccc(Cl)cc1Cl)NNC(=S)NC(=O)c1cc(Br)ccc1OCCc1ccccc1. The van der Waals surface area contributed by atoms with Crippen molar-refractivity contribution in [2.45, 2.75) is 19.3 Å². The second-order valence-electron chi connectivity index (χ2n) is 7.71. The van der Waals surface area contributed by atoms with Gasteiger partial charge < -0.3 is 9.47 Å². The fourth-order valence-corrected chi connectivity index (χ4v) is 4.09. The van der Waals surface area contributed by atoms with E-state index in [4.69, 9.17) is 44.9 Å². The molecule has 3 rings (SSSR count). The van der Waals surface area contributed by atoms with E-state index in [1.807, 2.05) is 30.3 Å². The number of halogens is 3. The highest BCUT2D eigenvalue weighted by atomic mass is 79.9. The summed E-state index contributed by atoms with van der Waals surface area (Å²) in [6, 6.07) is 20.0. The van der Waals surface area contributed by atoms with E-state index < -0.39 is 5.91 Å². The predicted molar refractivity (Wildman–Crippen MR) is 152 cm³/mol. The third kappa shape index (κ3) is 9.85. The molecule has 0 aliphatic carbocycles. The molecule has 3 aromatic rings. The molecule has 0 radical (unpaired) electrons. The van der Waals surface area contributed by atoms with Crippen LogP contribution in [-0.4, -0.2) is 30.1 Å². The molecule has 0 saturated heterocycles. The van der Waals surface area contributed by atoms with E-state index in [0.717, 1.165) is 5.56 Å². The molecule has 7 nitrogen and oxygen atoms in total. The number of hydrogen-bond donors (Lipinski definition) is 3. The number of hydrogen-bond acceptors (Lipinski definition) is 5. The summed E-state index contributed by atoms with van der Waals surface area (Å²) in [6.07, 6.45) is 1.30. The van der Waals surface area contributed by atoms with Crippen LogP contribution in [0.15, 0.2) is 71.2 Å². The molecule has 0 aliphatic rings. The highest BCUT2D eigenvalue weighted by Gasteiger charge is 2.15.